The zero-order valence-corrected chi connectivity index (χ0v) is 30.5. The number of aliphatic hydroxyl groups is 1. The molecule has 0 bridgehead atoms. The summed E-state index contributed by atoms with van der Waals surface area (Å²) in [6.07, 6.45) is 31.8. The smallest absolute Gasteiger partial charge is 0.306 e. The van der Waals surface area contributed by atoms with Crippen molar-refractivity contribution >= 4 is 11.9 Å². The largest absolute Gasteiger partial charge is 0.458 e. The average Bonchev–Trinajstić information content (AvgIpc) is 2.99. The Morgan fingerprint density at radius 1 is 0.511 bits per heavy atom. The summed E-state index contributed by atoms with van der Waals surface area (Å²) in [6, 6.07) is 0. The van der Waals surface area contributed by atoms with E-state index in [9.17, 15) is 14.7 Å². The van der Waals surface area contributed by atoms with Crippen molar-refractivity contribution in [1.82, 2.24) is 0 Å². The third kappa shape index (κ3) is 31.2. The van der Waals surface area contributed by atoms with Gasteiger partial charge in [-0.1, -0.05) is 168 Å². The number of ether oxygens (including phenoxy) is 2. The quantitative estimate of drug-likeness (QED) is 0.0537. The highest BCUT2D eigenvalue weighted by molar-refractivity contribution is 5.70. The fraction of sp³-hybridized carbons (Fsp3) is 0.949. The third-order valence-electron chi connectivity index (χ3n) is 8.86. The minimum Gasteiger partial charge on any atom is -0.458 e. The number of carbonyl (C=O) groups is 2. The van der Waals surface area contributed by atoms with Crippen molar-refractivity contribution in [3.8, 4) is 0 Å². The minimum atomic E-state index is -0.891. The van der Waals surface area contributed by atoms with Gasteiger partial charge in [0.1, 0.15) is 6.10 Å². The summed E-state index contributed by atoms with van der Waals surface area (Å²) in [4.78, 5) is 25.2. The van der Waals surface area contributed by atoms with E-state index in [1.807, 2.05) is 13.8 Å². The molecule has 3 N–H and O–H groups in total. The summed E-state index contributed by atoms with van der Waals surface area (Å²) in [5, 5.41) is 10.0. The molecule has 0 rings (SSSR count). The zero-order valence-electron chi connectivity index (χ0n) is 30.5. The van der Waals surface area contributed by atoms with Crippen molar-refractivity contribution < 1.29 is 24.2 Å². The number of esters is 2. The predicted molar refractivity (Wildman–Crippen MR) is 190 cm³/mol. The Morgan fingerprint density at radius 3 is 1.04 bits per heavy atom. The molecule has 0 saturated heterocycles. The Balaban J connectivity index is 4.14. The SMILES string of the molecule is CCCCCCCCCCCCCCCC(=O)OC(CO)C(CC(C)(C)N)OC(=O)CCCCCCCCCCCCCCC. The maximum absolute atomic E-state index is 12.7. The van der Waals surface area contributed by atoms with Gasteiger partial charge in [-0.05, 0) is 26.7 Å². The molecule has 268 valence electrons. The molecule has 0 radical (unpaired) electrons. The van der Waals surface area contributed by atoms with Crippen LogP contribution in [0.5, 0.6) is 0 Å². The van der Waals surface area contributed by atoms with Crippen molar-refractivity contribution in [2.75, 3.05) is 6.61 Å². The van der Waals surface area contributed by atoms with E-state index >= 15 is 0 Å². The Kier molecular flexibility index (Phi) is 30.7. The predicted octanol–water partition coefficient (Wildman–Crippen LogP) is 10.9. The van der Waals surface area contributed by atoms with Crippen LogP contribution in [0.25, 0.3) is 0 Å². The van der Waals surface area contributed by atoms with Gasteiger partial charge in [-0.25, -0.2) is 0 Å². The Bertz CT molecular complexity index is 662. The number of hydrogen-bond acceptors (Lipinski definition) is 6. The zero-order chi connectivity index (χ0) is 33.4. The molecule has 0 aromatic carbocycles. The highest BCUT2D eigenvalue weighted by Gasteiger charge is 2.32. The van der Waals surface area contributed by atoms with Crippen LogP contribution in [0.1, 0.15) is 214 Å². The van der Waals surface area contributed by atoms with Gasteiger partial charge in [-0.15, -0.1) is 0 Å². The fourth-order valence-corrected chi connectivity index (χ4v) is 6.03. The number of hydrogen-bond donors (Lipinski definition) is 2. The van der Waals surface area contributed by atoms with Gasteiger partial charge < -0.3 is 20.3 Å². The van der Waals surface area contributed by atoms with Gasteiger partial charge in [0.25, 0.3) is 0 Å². The summed E-state index contributed by atoms with van der Waals surface area (Å²) in [5.41, 5.74) is 5.61. The van der Waals surface area contributed by atoms with E-state index in [0.29, 0.717) is 19.3 Å². The molecule has 0 fully saturated rings. The van der Waals surface area contributed by atoms with Gasteiger partial charge in [0.15, 0.2) is 6.10 Å². The topological polar surface area (TPSA) is 98.8 Å². The Hall–Kier alpha value is -1.14. The minimum absolute atomic E-state index is 0.307. The molecule has 6 heteroatoms. The first-order valence-electron chi connectivity index (χ1n) is 19.5. The number of carbonyl (C=O) groups excluding carboxylic acids is 2. The second-order valence-corrected chi connectivity index (χ2v) is 14.4. The lowest BCUT2D eigenvalue weighted by molar-refractivity contribution is -0.173. The van der Waals surface area contributed by atoms with E-state index in [1.54, 1.807) is 0 Å². The number of nitrogens with two attached hydrogens (primary N) is 1. The molecule has 45 heavy (non-hydrogen) atoms. The molecule has 0 aliphatic heterocycles. The van der Waals surface area contributed by atoms with Gasteiger partial charge in [0, 0.05) is 24.8 Å². The molecular weight excluding hydrogens is 562 g/mol. The van der Waals surface area contributed by atoms with Crippen LogP contribution >= 0.6 is 0 Å². The second kappa shape index (κ2) is 31.5. The van der Waals surface area contributed by atoms with Crippen LogP contribution in [0.2, 0.25) is 0 Å². The van der Waals surface area contributed by atoms with Crippen molar-refractivity contribution in [3.05, 3.63) is 0 Å². The molecule has 0 aromatic rings. The monoisotopic (exact) mass is 640 g/mol. The Morgan fingerprint density at radius 2 is 0.778 bits per heavy atom. The lowest BCUT2D eigenvalue weighted by Crippen LogP contribution is -2.45. The van der Waals surface area contributed by atoms with Crippen molar-refractivity contribution in [1.29, 1.82) is 0 Å². The van der Waals surface area contributed by atoms with E-state index in [-0.39, 0.29) is 11.9 Å². The summed E-state index contributed by atoms with van der Waals surface area (Å²) >= 11 is 0. The van der Waals surface area contributed by atoms with E-state index < -0.39 is 24.4 Å². The molecule has 2 unspecified atom stereocenters. The van der Waals surface area contributed by atoms with Crippen LogP contribution in [0.4, 0.5) is 0 Å². The first-order chi connectivity index (χ1) is 21.7. The summed E-state index contributed by atoms with van der Waals surface area (Å²) in [6.45, 7) is 7.83. The van der Waals surface area contributed by atoms with E-state index in [2.05, 4.69) is 13.8 Å². The molecule has 0 aliphatic carbocycles. The molecule has 0 amide bonds. The van der Waals surface area contributed by atoms with Gasteiger partial charge in [-0.2, -0.15) is 0 Å². The van der Waals surface area contributed by atoms with E-state index in [0.717, 1.165) is 38.5 Å². The van der Waals surface area contributed by atoms with Gasteiger partial charge >= 0.3 is 11.9 Å². The van der Waals surface area contributed by atoms with Crippen molar-refractivity contribution in [2.45, 2.75) is 232 Å². The van der Waals surface area contributed by atoms with Gasteiger partial charge in [0.2, 0.25) is 0 Å². The summed E-state index contributed by atoms with van der Waals surface area (Å²) in [7, 11) is 0. The van der Waals surface area contributed by atoms with Crippen LogP contribution in [-0.2, 0) is 19.1 Å². The highest BCUT2D eigenvalue weighted by atomic mass is 16.6. The number of rotatable bonds is 34. The standard InChI is InChI=1S/C39H77NO5/c1-5-7-9-11-13-15-17-19-21-23-25-27-29-31-37(42)44-35(33-39(3,4)40)36(34-41)45-38(43)32-30-28-26-24-22-20-18-16-14-12-10-8-6-2/h35-36,41H,5-34,40H2,1-4H3. The molecule has 6 nitrogen and oxygen atoms in total. The van der Waals surface area contributed by atoms with Crippen LogP contribution < -0.4 is 5.73 Å². The maximum Gasteiger partial charge on any atom is 0.306 e. The third-order valence-corrected chi connectivity index (χ3v) is 8.86. The van der Waals surface area contributed by atoms with Crippen LogP contribution in [0, 0.1) is 0 Å². The molecule has 2 atom stereocenters. The van der Waals surface area contributed by atoms with Gasteiger partial charge in [-0.3, -0.25) is 9.59 Å². The average molecular weight is 640 g/mol. The molecule has 0 saturated carbocycles. The molecule has 0 heterocycles. The van der Waals surface area contributed by atoms with E-state index in [4.69, 9.17) is 15.2 Å². The normalized spacial score (nSPS) is 13.1. The van der Waals surface area contributed by atoms with Crippen molar-refractivity contribution in [3.63, 3.8) is 0 Å². The molecule has 0 aromatic heterocycles. The lowest BCUT2D eigenvalue weighted by Gasteiger charge is -2.30. The molecule has 0 aliphatic rings. The lowest BCUT2D eigenvalue weighted by atomic mass is 9.95. The number of unbranched alkanes of at least 4 members (excludes halogenated alkanes) is 24. The van der Waals surface area contributed by atoms with Gasteiger partial charge in [0.05, 0.1) is 6.61 Å². The van der Waals surface area contributed by atoms with Crippen LogP contribution in [-0.4, -0.2) is 41.4 Å². The Labute approximate surface area is 279 Å². The highest BCUT2D eigenvalue weighted by Crippen LogP contribution is 2.20. The maximum atomic E-state index is 12.7. The van der Waals surface area contributed by atoms with Crippen LogP contribution in [0.15, 0.2) is 0 Å². The fourth-order valence-electron chi connectivity index (χ4n) is 6.03. The molecule has 0 spiro atoms. The first kappa shape index (κ1) is 43.9. The molecular formula is C39H77NO5. The first-order valence-corrected chi connectivity index (χ1v) is 19.5. The summed E-state index contributed by atoms with van der Waals surface area (Å²) < 4.78 is 11.4. The number of aliphatic hydroxyl groups excluding tert-OH is 1. The second-order valence-electron chi connectivity index (χ2n) is 14.4. The van der Waals surface area contributed by atoms with Crippen LogP contribution in [0.3, 0.4) is 0 Å². The summed E-state index contributed by atoms with van der Waals surface area (Å²) in [5.74, 6) is -0.650. The van der Waals surface area contributed by atoms with Crippen molar-refractivity contribution in [2.24, 2.45) is 5.73 Å². The van der Waals surface area contributed by atoms with E-state index in [1.165, 1.54) is 128 Å².